The first-order valence-electron chi connectivity index (χ1n) is 7.97. The standard InChI is InChI=1S/C17H26N2O2/c1-2-8-17(14-20)9-3-12-19(13-17)16(21)5-4-15-6-10-18-11-7-15/h6-7,10-11,20H,2-5,8-9,12-14H2,1H3/t17-/m1/s1. The topological polar surface area (TPSA) is 53.4 Å². The maximum absolute atomic E-state index is 12.4. The van der Waals surface area contributed by atoms with Crippen LogP contribution in [0.1, 0.15) is 44.6 Å². The summed E-state index contributed by atoms with van der Waals surface area (Å²) < 4.78 is 0. The fourth-order valence-electron chi connectivity index (χ4n) is 3.32. The maximum atomic E-state index is 12.4. The van der Waals surface area contributed by atoms with E-state index >= 15 is 0 Å². The highest BCUT2D eigenvalue weighted by Crippen LogP contribution is 2.34. The summed E-state index contributed by atoms with van der Waals surface area (Å²) in [7, 11) is 0. The Labute approximate surface area is 127 Å². The van der Waals surface area contributed by atoms with Gasteiger partial charge in [0.25, 0.3) is 0 Å². The summed E-state index contributed by atoms with van der Waals surface area (Å²) in [6.45, 7) is 3.88. The second-order valence-corrected chi connectivity index (χ2v) is 6.18. The maximum Gasteiger partial charge on any atom is 0.222 e. The minimum absolute atomic E-state index is 0.0701. The third-order valence-electron chi connectivity index (χ3n) is 4.51. The molecule has 21 heavy (non-hydrogen) atoms. The van der Waals surface area contributed by atoms with Gasteiger partial charge < -0.3 is 10.0 Å². The minimum Gasteiger partial charge on any atom is -0.396 e. The molecule has 0 saturated carbocycles. The molecule has 0 bridgehead atoms. The third kappa shape index (κ3) is 4.27. The number of hydrogen-bond acceptors (Lipinski definition) is 3. The lowest BCUT2D eigenvalue weighted by molar-refractivity contribution is -0.135. The number of piperidine rings is 1. The van der Waals surface area contributed by atoms with Gasteiger partial charge in [0, 0.05) is 37.3 Å². The van der Waals surface area contributed by atoms with Gasteiger partial charge in [0.15, 0.2) is 0 Å². The van der Waals surface area contributed by atoms with E-state index in [1.54, 1.807) is 12.4 Å². The highest BCUT2D eigenvalue weighted by Gasteiger charge is 2.35. The summed E-state index contributed by atoms with van der Waals surface area (Å²) in [5.74, 6) is 0.209. The molecule has 1 aromatic rings. The van der Waals surface area contributed by atoms with Crippen LogP contribution in [0.4, 0.5) is 0 Å². The van der Waals surface area contributed by atoms with Gasteiger partial charge in [0.1, 0.15) is 0 Å². The van der Waals surface area contributed by atoms with Crippen molar-refractivity contribution in [3.05, 3.63) is 30.1 Å². The van der Waals surface area contributed by atoms with Crippen LogP contribution in [0.25, 0.3) is 0 Å². The molecule has 1 N–H and O–H groups in total. The van der Waals surface area contributed by atoms with Crippen LogP contribution in [0.2, 0.25) is 0 Å². The molecule has 1 atom stereocenters. The van der Waals surface area contributed by atoms with Crippen LogP contribution in [-0.4, -0.2) is 40.6 Å². The zero-order chi connectivity index (χ0) is 15.1. The molecule has 1 saturated heterocycles. The number of rotatable bonds is 6. The van der Waals surface area contributed by atoms with E-state index in [0.29, 0.717) is 13.0 Å². The number of pyridine rings is 1. The second-order valence-electron chi connectivity index (χ2n) is 6.18. The Bertz CT molecular complexity index is 445. The normalized spacial score (nSPS) is 22.3. The Balaban J connectivity index is 1.90. The van der Waals surface area contributed by atoms with E-state index in [1.165, 1.54) is 0 Å². The quantitative estimate of drug-likeness (QED) is 0.875. The summed E-state index contributed by atoms with van der Waals surface area (Å²) in [5, 5.41) is 9.74. The first kappa shape index (κ1) is 16.0. The average Bonchev–Trinajstić information content (AvgIpc) is 2.54. The Morgan fingerprint density at radius 1 is 1.43 bits per heavy atom. The van der Waals surface area contributed by atoms with Crippen molar-refractivity contribution in [2.75, 3.05) is 19.7 Å². The smallest absolute Gasteiger partial charge is 0.222 e. The third-order valence-corrected chi connectivity index (χ3v) is 4.51. The summed E-state index contributed by atoms with van der Waals surface area (Å²) >= 11 is 0. The zero-order valence-electron chi connectivity index (χ0n) is 12.9. The summed E-state index contributed by atoms with van der Waals surface area (Å²) in [6.07, 6.45) is 8.91. The van der Waals surface area contributed by atoms with Crippen LogP contribution >= 0.6 is 0 Å². The zero-order valence-corrected chi connectivity index (χ0v) is 12.9. The number of likely N-dealkylation sites (tertiary alicyclic amines) is 1. The van der Waals surface area contributed by atoms with Gasteiger partial charge in [-0.05, 0) is 43.4 Å². The number of carbonyl (C=O) groups excluding carboxylic acids is 1. The molecule has 0 unspecified atom stereocenters. The fraction of sp³-hybridized carbons (Fsp3) is 0.647. The molecule has 1 amide bonds. The van der Waals surface area contributed by atoms with Crippen molar-refractivity contribution in [2.24, 2.45) is 5.41 Å². The Kier molecular flexibility index (Phi) is 5.74. The van der Waals surface area contributed by atoms with Crippen molar-refractivity contribution < 1.29 is 9.90 Å². The molecule has 1 aromatic heterocycles. The van der Waals surface area contributed by atoms with Gasteiger partial charge in [0.2, 0.25) is 5.91 Å². The van der Waals surface area contributed by atoms with E-state index < -0.39 is 0 Å². The van der Waals surface area contributed by atoms with Crippen molar-refractivity contribution >= 4 is 5.91 Å². The number of aryl methyl sites for hydroxylation is 1. The monoisotopic (exact) mass is 290 g/mol. The van der Waals surface area contributed by atoms with Gasteiger partial charge in [-0.25, -0.2) is 0 Å². The van der Waals surface area contributed by atoms with Crippen molar-refractivity contribution in [1.82, 2.24) is 9.88 Å². The first-order chi connectivity index (χ1) is 10.2. The molecular formula is C17H26N2O2. The number of hydrogen-bond donors (Lipinski definition) is 1. The first-order valence-corrected chi connectivity index (χ1v) is 7.97. The molecule has 2 rings (SSSR count). The lowest BCUT2D eigenvalue weighted by Crippen LogP contribution is -2.47. The summed E-state index contributed by atoms with van der Waals surface area (Å²) in [6, 6.07) is 3.91. The molecule has 1 aliphatic heterocycles. The molecule has 0 aliphatic carbocycles. The second kappa shape index (κ2) is 7.55. The predicted molar refractivity (Wildman–Crippen MR) is 82.8 cm³/mol. The van der Waals surface area contributed by atoms with E-state index in [0.717, 1.165) is 44.2 Å². The fourth-order valence-corrected chi connectivity index (χ4v) is 3.32. The van der Waals surface area contributed by atoms with Crippen molar-refractivity contribution in [2.45, 2.75) is 45.4 Å². The highest BCUT2D eigenvalue weighted by atomic mass is 16.3. The van der Waals surface area contributed by atoms with Gasteiger partial charge in [-0.2, -0.15) is 0 Å². The number of aliphatic hydroxyl groups excluding tert-OH is 1. The molecule has 116 valence electrons. The van der Waals surface area contributed by atoms with Crippen molar-refractivity contribution in [3.8, 4) is 0 Å². The van der Waals surface area contributed by atoms with Crippen molar-refractivity contribution in [1.29, 1.82) is 0 Å². The minimum atomic E-state index is -0.0701. The predicted octanol–water partition coefficient (Wildman–Crippen LogP) is 2.42. The van der Waals surface area contributed by atoms with E-state index in [2.05, 4.69) is 11.9 Å². The van der Waals surface area contributed by atoms with Crippen molar-refractivity contribution in [3.63, 3.8) is 0 Å². The largest absolute Gasteiger partial charge is 0.396 e. The van der Waals surface area contributed by atoms with Gasteiger partial charge in [-0.1, -0.05) is 13.3 Å². The molecule has 2 heterocycles. The highest BCUT2D eigenvalue weighted by molar-refractivity contribution is 5.76. The van der Waals surface area contributed by atoms with Crippen LogP contribution in [0.3, 0.4) is 0 Å². The number of carbonyl (C=O) groups is 1. The molecule has 1 aliphatic rings. The lowest BCUT2D eigenvalue weighted by atomic mass is 9.77. The van der Waals surface area contributed by atoms with Gasteiger partial charge in [-0.15, -0.1) is 0 Å². The summed E-state index contributed by atoms with van der Waals surface area (Å²) in [5.41, 5.74) is 1.08. The van der Waals surface area contributed by atoms with Gasteiger partial charge in [0.05, 0.1) is 6.61 Å². The number of aliphatic hydroxyl groups is 1. The van der Waals surface area contributed by atoms with E-state index in [4.69, 9.17) is 0 Å². The van der Waals surface area contributed by atoms with Crippen LogP contribution in [0, 0.1) is 5.41 Å². The Morgan fingerprint density at radius 2 is 2.19 bits per heavy atom. The molecule has 4 heteroatoms. The Morgan fingerprint density at radius 3 is 2.86 bits per heavy atom. The molecule has 0 aromatic carbocycles. The van der Waals surface area contributed by atoms with E-state index in [-0.39, 0.29) is 17.9 Å². The number of nitrogens with zero attached hydrogens (tertiary/aromatic N) is 2. The number of amides is 1. The van der Waals surface area contributed by atoms with Crippen LogP contribution < -0.4 is 0 Å². The molecule has 1 fully saturated rings. The average molecular weight is 290 g/mol. The van der Waals surface area contributed by atoms with Gasteiger partial charge >= 0.3 is 0 Å². The van der Waals surface area contributed by atoms with E-state index in [1.807, 2.05) is 17.0 Å². The van der Waals surface area contributed by atoms with E-state index in [9.17, 15) is 9.90 Å². The lowest BCUT2D eigenvalue weighted by Gasteiger charge is -2.42. The SMILES string of the molecule is CCC[C@@]1(CO)CCCN(C(=O)CCc2ccncc2)C1. The Hall–Kier alpha value is -1.42. The van der Waals surface area contributed by atoms with Gasteiger partial charge in [-0.3, -0.25) is 9.78 Å². The molecule has 0 spiro atoms. The van der Waals surface area contributed by atoms with Crippen LogP contribution in [0.15, 0.2) is 24.5 Å². The molecule has 4 nitrogen and oxygen atoms in total. The van der Waals surface area contributed by atoms with Crippen LogP contribution in [-0.2, 0) is 11.2 Å². The van der Waals surface area contributed by atoms with Crippen LogP contribution in [0.5, 0.6) is 0 Å². The summed E-state index contributed by atoms with van der Waals surface area (Å²) in [4.78, 5) is 18.4. The molecule has 0 radical (unpaired) electrons. The number of aromatic nitrogens is 1. The molecular weight excluding hydrogens is 264 g/mol.